The molecule has 4 aromatic rings. The second-order valence-corrected chi connectivity index (χ2v) is 11.7. The van der Waals surface area contributed by atoms with Crippen LogP contribution in [0.5, 0.6) is 0 Å². The number of hydrogen-bond acceptors (Lipinski definition) is 9. The SMILES string of the molecule is CN(C)CC(=O)CCc1cccc(CC(=O)Nc2nnc(CCCCc3ccc(NC(=O)Cc4ccccc4)nn3)s2)c1. The van der Waals surface area contributed by atoms with Gasteiger partial charge in [0.25, 0.3) is 0 Å². The highest BCUT2D eigenvalue weighted by atomic mass is 32.1. The average Bonchev–Trinajstić information content (AvgIpc) is 3.42. The molecule has 0 radical (unpaired) electrons. The molecule has 11 heteroatoms. The Morgan fingerprint density at radius 2 is 1.44 bits per heavy atom. The predicted octanol–water partition coefficient (Wildman–Crippen LogP) is 4.32. The van der Waals surface area contributed by atoms with Crippen LogP contribution in [0.1, 0.15) is 46.7 Å². The van der Waals surface area contributed by atoms with Crippen LogP contribution in [0.4, 0.5) is 10.9 Å². The van der Waals surface area contributed by atoms with Crippen molar-refractivity contribution >= 4 is 39.9 Å². The van der Waals surface area contributed by atoms with E-state index in [1.165, 1.54) is 11.3 Å². The zero-order valence-corrected chi connectivity index (χ0v) is 25.4. The fourth-order valence-corrected chi connectivity index (χ4v) is 5.27. The van der Waals surface area contributed by atoms with E-state index in [1.807, 2.05) is 79.7 Å². The maximum Gasteiger partial charge on any atom is 0.230 e. The van der Waals surface area contributed by atoms with Gasteiger partial charge in [0, 0.05) is 12.8 Å². The number of carbonyl (C=O) groups excluding carboxylic acids is 3. The van der Waals surface area contributed by atoms with E-state index in [4.69, 9.17) is 0 Å². The van der Waals surface area contributed by atoms with Crippen LogP contribution in [-0.4, -0.2) is 63.5 Å². The van der Waals surface area contributed by atoms with Gasteiger partial charge in [-0.1, -0.05) is 65.9 Å². The first-order valence-corrected chi connectivity index (χ1v) is 15.2. The molecule has 0 unspecified atom stereocenters. The van der Waals surface area contributed by atoms with Crippen molar-refractivity contribution in [1.29, 1.82) is 0 Å². The lowest BCUT2D eigenvalue weighted by Crippen LogP contribution is -2.21. The van der Waals surface area contributed by atoms with E-state index in [1.54, 1.807) is 6.07 Å². The van der Waals surface area contributed by atoms with Crippen molar-refractivity contribution in [3.63, 3.8) is 0 Å². The highest BCUT2D eigenvalue weighted by Gasteiger charge is 2.11. The van der Waals surface area contributed by atoms with Gasteiger partial charge in [0.1, 0.15) is 10.8 Å². The number of carbonyl (C=O) groups is 3. The van der Waals surface area contributed by atoms with Crippen molar-refractivity contribution in [2.24, 2.45) is 0 Å². The van der Waals surface area contributed by atoms with Gasteiger partial charge >= 0.3 is 0 Å². The lowest BCUT2D eigenvalue weighted by atomic mass is 10.0. The van der Waals surface area contributed by atoms with Crippen molar-refractivity contribution in [3.05, 3.63) is 94.1 Å². The summed E-state index contributed by atoms with van der Waals surface area (Å²) in [4.78, 5) is 38.7. The zero-order valence-electron chi connectivity index (χ0n) is 24.6. The molecule has 2 heterocycles. The summed E-state index contributed by atoms with van der Waals surface area (Å²) < 4.78 is 0. The number of Topliss-reactive ketones (excluding diaryl/α,β-unsaturated/α-hetero) is 1. The topological polar surface area (TPSA) is 130 Å². The molecular formula is C32H37N7O3S. The number of hydrogen-bond donors (Lipinski definition) is 2. The molecule has 0 atom stereocenters. The molecule has 0 aliphatic rings. The fraction of sp³-hybridized carbons (Fsp3) is 0.344. The number of nitrogens with one attached hydrogen (secondary N) is 2. The number of aromatic nitrogens is 4. The Morgan fingerprint density at radius 1 is 0.721 bits per heavy atom. The van der Waals surface area contributed by atoms with E-state index in [0.29, 0.717) is 30.3 Å². The van der Waals surface area contributed by atoms with Crippen molar-refractivity contribution < 1.29 is 14.4 Å². The molecule has 2 aromatic heterocycles. The molecule has 0 fully saturated rings. The molecule has 43 heavy (non-hydrogen) atoms. The fourth-order valence-electron chi connectivity index (χ4n) is 4.48. The number of nitrogens with zero attached hydrogens (tertiary/aromatic N) is 5. The molecule has 0 bridgehead atoms. The summed E-state index contributed by atoms with van der Waals surface area (Å²) in [5, 5.41) is 23.7. The second kappa shape index (κ2) is 16.3. The number of aryl methyl sites for hydroxylation is 3. The monoisotopic (exact) mass is 599 g/mol. The molecule has 2 aromatic carbocycles. The number of amides is 2. The van der Waals surface area contributed by atoms with Crippen LogP contribution in [0.3, 0.4) is 0 Å². The molecule has 0 saturated carbocycles. The van der Waals surface area contributed by atoms with Crippen molar-refractivity contribution in [3.8, 4) is 0 Å². The van der Waals surface area contributed by atoms with Gasteiger partial charge in [-0.3, -0.25) is 14.4 Å². The standard InChI is InChI=1S/C32H37N7O3S/c1-39(2)22-27(40)17-15-24-11-8-12-25(19-24)21-30(42)34-32-38-37-31(43-32)14-7-6-13-26-16-18-28(36-35-26)33-29(41)20-23-9-4-3-5-10-23/h3-5,8-12,16,18-19H,6-7,13-15,17,20-22H2,1-2H3,(H,33,36,41)(H,34,38,42). The number of benzene rings is 2. The Morgan fingerprint density at radius 3 is 2.21 bits per heavy atom. The Hall–Kier alpha value is -4.35. The molecule has 4 rings (SSSR count). The molecule has 2 amide bonds. The van der Waals surface area contributed by atoms with Gasteiger partial charge in [0.15, 0.2) is 5.82 Å². The predicted molar refractivity (Wildman–Crippen MR) is 168 cm³/mol. The quantitative estimate of drug-likeness (QED) is 0.182. The van der Waals surface area contributed by atoms with Gasteiger partial charge in [-0.15, -0.1) is 15.3 Å². The minimum atomic E-state index is -0.151. The Kier molecular flexibility index (Phi) is 12.0. The van der Waals surface area contributed by atoms with Gasteiger partial charge < -0.3 is 15.5 Å². The molecular weight excluding hydrogens is 562 g/mol. The molecule has 10 nitrogen and oxygen atoms in total. The molecule has 2 N–H and O–H groups in total. The Bertz CT molecular complexity index is 1490. The van der Waals surface area contributed by atoms with Gasteiger partial charge in [0.2, 0.25) is 16.9 Å². The van der Waals surface area contributed by atoms with Gasteiger partial charge in [0.05, 0.1) is 25.1 Å². The third-order valence-corrected chi connectivity index (χ3v) is 7.42. The lowest BCUT2D eigenvalue weighted by molar-refractivity contribution is -0.119. The second-order valence-electron chi connectivity index (χ2n) is 10.6. The lowest BCUT2D eigenvalue weighted by Gasteiger charge is -2.09. The van der Waals surface area contributed by atoms with Crippen LogP contribution in [-0.2, 0) is 46.5 Å². The first-order valence-electron chi connectivity index (χ1n) is 14.4. The maximum absolute atomic E-state index is 12.6. The van der Waals surface area contributed by atoms with E-state index in [-0.39, 0.29) is 30.4 Å². The number of likely N-dealkylation sites (N-methyl/N-ethyl adjacent to an activating group) is 1. The van der Waals surface area contributed by atoms with Gasteiger partial charge in [-0.05, 0) is 68.6 Å². The number of ketones is 1. The Labute approximate surface area is 256 Å². The number of unbranched alkanes of at least 4 members (excludes halogenated alkanes) is 1. The van der Waals surface area contributed by atoms with E-state index < -0.39 is 0 Å². The van der Waals surface area contributed by atoms with E-state index in [2.05, 4.69) is 31.0 Å². The average molecular weight is 600 g/mol. The van der Waals surface area contributed by atoms with E-state index >= 15 is 0 Å². The highest BCUT2D eigenvalue weighted by Crippen LogP contribution is 2.18. The maximum atomic E-state index is 12.6. The molecule has 0 spiro atoms. The van der Waals surface area contributed by atoms with Gasteiger partial charge in [-0.25, -0.2) is 0 Å². The van der Waals surface area contributed by atoms with E-state index in [9.17, 15) is 14.4 Å². The third-order valence-electron chi connectivity index (χ3n) is 6.52. The Balaban J connectivity index is 1.14. The summed E-state index contributed by atoms with van der Waals surface area (Å²) in [5.41, 5.74) is 3.74. The summed E-state index contributed by atoms with van der Waals surface area (Å²) in [6, 6.07) is 21.0. The summed E-state index contributed by atoms with van der Waals surface area (Å²) >= 11 is 1.38. The van der Waals surface area contributed by atoms with Crippen LogP contribution < -0.4 is 10.6 Å². The molecule has 0 saturated heterocycles. The minimum Gasteiger partial charge on any atom is -0.309 e. The normalized spacial score (nSPS) is 11.0. The molecule has 0 aliphatic carbocycles. The summed E-state index contributed by atoms with van der Waals surface area (Å²) in [6.45, 7) is 0.437. The van der Waals surface area contributed by atoms with Crippen LogP contribution in [0.25, 0.3) is 0 Å². The first kappa shape index (κ1) is 31.6. The third kappa shape index (κ3) is 11.4. The largest absolute Gasteiger partial charge is 0.309 e. The van der Waals surface area contributed by atoms with Crippen molar-refractivity contribution in [1.82, 2.24) is 25.3 Å². The first-order chi connectivity index (χ1) is 20.8. The number of rotatable bonds is 16. The number of anilines is 2. The summed E-state index contributed by atoms with van der Waals surface area (Å²) in [6.07, 6.45) is 4.96. The zero-order chi connectivity index (χ0) is 30.4. The molecule has 0 aliphatic heterocycles. The minimum absolute atomic E-state index is 0.129. The van der Waals surface area contributed by atoms with Gasteiger partial charge in [-0.2, -0.15) is 5.10 Å². The smallest absolute Gasteiger partial charge is 0.230 e. The van der Waals surface area contributed by atoms with Crippen LogP contribution >= 0.6 is 11.3 Å². The summed E-state index contributed by atoms with van der Waals surface area (Å²) in [7, 11) is 3.77. The van der Waals surface area contributed by atoms with E-state index in [0.717, 1.165) is 53.1 Å². The van der Waals surface area contributed by atoms with Crippen molar-refractivity contribution in [2.45, 2.75) is 51.4 Å². The van der Waals surface area contributed by atoms with Crippen molar-refractivity contribution in [2.75, 3.05) is 31.3 Å². The highest BCUT2D eigenvalue weighted by molar-refractivity contribution is 7.15. The van der Waals surface area contributed by atoms with Crippen LogP contribution in [0, 0.1) is 0 Å². The summed E-state index contributed by atoms with van der Waals surface area (Å²) in [5.74, 6) is 0.356. The van der Waals surface area contributed by atoms with Crippen LogP contribution in [0.15, 0.2) is 66.7 Å². The molecule has 224 valence electrons. The van der Waals surface area contributed by atoms with Crippen LogP contribution in [0.2, 0.25) is 0 Å².